The molecule has 3 N–H and O–H groups in total. The van der Waals surface area contributed by atoms with Crippen LogP contribution in [0.25, 0.3) is 0 Å². The largest absolute Gasteiger partial charge is 0.495 e. The first kappa shape index (κ1) is 15.5. The van der Waals surface area contributed by atoms with Crippen LogP contribution in [0.5, 0.6) is 11.6 Å². The fourth-order valence-electron chi connectivity index (χ4n) is 1.89. The summed E-state index contributed by atoms with van der Waals surface area (Å²) < 4.78 is 10.2. The molecule has 2 rings (SSSR count). The molecular formula is C14H16N4O4. The van der Waals surface area contributed by atoms with Gasteiger partial charge in [0.25, 0.3) is 0 Å². The number of ether oxygens (including phenoxy) is 2. The van der Waals surface area contributed by atoms with Gasteiger partial charge in [0.1, 0.15) is 5.75 Å². The number of nitrogens with zero attached hydrogens (tertiary/aromatic N) is 2. The normalized spacial score (nSPS) is 10.1. The van der Waals surface area contributed by atoms with Gasteiger partial charge >= 0.3 is 5.69 Å². The van der Waals surface area contributed by atoms with E-state index in [0.29, 0.717) is 18.0 Å². The highest BCUT2D eigenvalue weighted by molar-refractivity contribution is 5.71. The quantitative estimate of drug-likeness (QED) is 0.621. The SMILES string of the molecule is COc1ccc([N+](=O)[O-])c(Nc2cc(CN)ccc2OC)n1. The van der Waals surface area contributed by atoms with E-state index < -0.39 is 4.92 Å². The van der Waals surface area contributed by atoms with E-state index in [1.54, 1.807) is 12.1 Å². The third kappa shape index (κ3) is 3.23. The number of anilines is 2. The number of rotatable bonds is 6. The summed E-state index contributed by atoms with van der Waals surface area (Å²) in [7, 11) is 2.95. The number of hydrogen-bond donors (Lipinski definition) is 2. The molecule has 1 aromatic carbocycles. The maximum absolute atomic E-state index is 11.1. The third-order valence-electron chi connectivity index (χ3n) is 3.01. The second kappa shape index (κ2) is 6.72. The standard InChI is InChI=1S/C14H16N4O4/c1-21-12-5-3-9(8-15)7-10(12)16-14-11(18(19)20)4-6-13(17-14)22-2/h3-7H,8,15H2,1-2H3,(H,16,17). The minimum Gasteiger partial charge on any atom is -0.495 e. The first-order chi connectivity index (χ1) is 10.6. The highest BCUT2D eigenvalue weighted by atomic mass is 16.6. The van der Waals surface area contributed by atoms with Crippen molar-refractivity contribution in [3.8, 4) is 11.6 Å². The van der Waals surface area contributed by atoms with E-state index in [4.69, 9.17) is 15.2 Å². The predicted molar refractivity (Wildman–Crippen MR) is 81.6 cm³/mol. The van der Waals surface area contributed by atoms with E-state index in [0.717, 1.165) is 5.56 Å². The fourth-order valence-corrected chi connectivity index (χ4v) is 1.89. The number of nitro groups is 1. The molecule has 8 nitrogen and oxygen atoms in total. The summed E-state index contributed by atoms with van der Waals surface area (Å²) in [4.78, 5) is 14.7. The van der Waals surface area contributed by atoms with Crippen molar-refractivity contribution in [1.29, 1.82) is 0 Å². The lowest BCUT2D eigenvalue weighted by Gasteiger charge is -2.12. The molecule has 2 aromatic rings. The summed E-state index contributed by atoms with van der Waals surface area (Å²) in [6.45, 7) is 0.340. The second-order valence-electron chi connectivity index (χ2n) is 4.34. The van der Waals surface area contributed by atoms with Gasteiger partial charge in [-0.15, -0.1) is 0 Å². The molecule has 0 spiro atoms. The molecule has 0 aliphatic rings. The molecule has 0 bridgehead atoms. The lowest BCUT2D eigenvalue weighted by Crippen LogP contribution is -2.04. The Morgan fingerprint density at radius 3 is 2.64 bits per heavy atom. The van der Waals surface area contributed by atoms with Crippen LogP contribution in [0.15, 0.2) is 30.3 Å². The van der Waals surface area contributed by atoms with Crippen molar-refractivity contribution >= 4 is 17.2 Å². The molecule has 1 aromatic heterocycles. The van der Waals surface area contributed by atoms with Crippen LogP contribution in [0.2, 0.25) is 0 Å². The summed E-state index contributed by atoms with van der Waals surface area (Å²) in [5.74, 6) is 0.856. The van der Waals surface area contributed by atoms with Gasteiger partial charge in [0.15, 0.2) is 0 Å². The van der Waals surface area contributed by atoms with Crippen LogP contribution >= 0.6 is 0 Å². The number of pyridine rings is 1. The van der Waals surface area contributed by atoms with E-state index in [-0.39, 0.29) is 17.4 Å². The van der Waals surface area contributed by atoms with Gasteiger partial charge in [0.2, 0.25) is 11.7 Å². The lowest BCUT2D eigenvalue weighted by molar-refractivity contribution is -0.384. The molecule has 0 aliphatic carbocycles. The van der Waals surface area contributed by atoms with E-state index in [1.165, 1.54) is 26.4 Å². The molecule has 0 aliphatic heterocycles. The summed E-state index contributed by atoms with van der Waals surface area (Å²) >= 11 is 0. The maximum atomic E-state index is 11.1. The van der Waals surface area contributed by atoms with Crippen molar-refractivity contribution in [2.75, 3.05) is 19.5 Å². The monoisotopic (exact) mass is 304 g/mol. The maximum Gasteiger partial charge on any atom is 0.311 e. The van der Waals surface area contributed by atoms with Crippen LogP contribution in [0.4, 0.5) is 17.2 Å². The van der Waals surface area contributed by atoms with Gasteiger partial charge < -0.3 is 20.5 Å². The van der Waals surface area contributed by atoms with Gasteiger partial charge in [-0.3, -0.25) is 10.1 Å². The zero-order valence-electron chi connectivity index (χ0n) is 12.2. The molecule has 1 heterocycles. The topological polar surface area (TPSA) is 113 Å². The van der Waals surface area contributed by atoms with E-state index in [1.807, 2.05) is 6.07 Å². The molecule has 8 heteroatoms. The van der Waals surface area contributed by atoms with Crippen LogP contribution in [-0.2, 0) is 6.54 Å². The molecule has 0 amide bonds. The molecule has 116 valence electrons. The van der Waals surface area contributed by atoms with Crippen molar-refractivity contribution in [1.82, 2.24) is 4.98 Å². The van der Waals surface area contributed by atoms with Crippen LogP contribution in [-0.4, -0.2) is 24.1 Å². The zero-order chi connectivity index (χ0) is 16.1. The molecule has 0 fully saturated rings. The Kier molecular flexibility index (Phi) is 4.74. The molecule has 0 radical (unpaired) electrons. The van der Waals surface area contributed by atoms with Crippen LogP contribution < -0.4 is 20.5 Å². The van der Waals surface area contributed by atoms with Gasteiger partial charge in [-0.1, -0.05) is 6.07 Å². The van der Waals surface area contributed by atoms with E-state index in [9.17, 15) is 10.1 Å². The average molecular weight is 304 g/mol. The fraction of sp³-hybridized carbons (Fsp3) is 0.214. The molecule has 0 saturated carbocycles. The van der Waals surface area contributed by atoms with Crippen LogP contribution in [0.1, 0.15) is 5.56 Å². The van der Waals surface area contributed by atoms with Gasteiger partial charge in [-0.2, -0.15) is 4.98 Å². The summed E-state index contributed by atoms with van der Waals surface area (Å²) in [6.07, 6.45) is 0. The number of aromatic nitrogens is 1. The predicted octanol–water partition coefficient (Wildman–Crippen LogP) is 2.21. The van der Waals surface area contributed by atoms with E-state index in [2.05, 4.69) is 10.3 Å². The Balaban J connectivity index is 2.47. The van der Waals surface area contributed by atoms with Gasteiger partial charge in [-0.25, -0.2) is 0 Å². The number of nitrogens with two attached hydrogens (primary N) is 1. The minimum atomic E-state index is -0.520. The highest BCUT2D eigenvalue weighted by Crippen LogP contribution is 2.33. The lowest BCUT2D eigenvalue weighted by atomic mass is 10.2. The molecule has 0 saturated heterocycles. The van der Waals surface area contributed by atoms with Crippen molar-refractivity contribution in [2.24, 2.45) is 5.73 Å². The number of benzene rings is 1. The Bertz CT molecular complexity index is 691. The Morgan fingerprint density at radius 2 is 2.05 bits per heavy atom. The minimum absolute atomic E-state index is 0.0665. The Labute approximate surface area is 127 Å². The number of nitrogens with one attached hydrogen (secondary N) is 1. The Hall–Kier alpha value is -2.87. The number of methoxy groups -OCH3 is 2. The summed E-state index contributed by atoms with van der Waals surface area (Å²) in [5.41, 5.74) is 6.84. The van der Waals surface area contributed by atoms with Crippen LogP contribution in [0, 0.1) is 10.1 Å². The molecule has 0 atom stereocenters. The van der Waals surface area contributed by atoms with Crippen molar-refractivity contribution < 1.29 is 14.4 Å². The van der Waals surface area contributed by atoms with Crippen molar-refractivity contribution in [2.45, 2.75) is 6.54 Å². The zero-order valence-corrected chi connectivity index (χ0v) is 12.2. The molecule has 22 heavy (non-hydrogen) atoms. The van der Waals surface area contributed by atoms with Crippen molar-refractivity contribution in [3.05, 3.63) is 46.0 Å². The summed E-state index contributed by atoms with van der Waals surface area (Å²) in [6, 6.07) is 8.06. The number of hydrogen-bond acceptors (Lipinski definition) is 7. The highest BCUT2D eigenvalue weighted by Gasteiger charge is 2.18. The Morgan fingerprint density at radius 1 is 1.27 bits per heavy atom. The van der Waals surface area contributed by atoms with E-state index >= 15 is 0 Å². The third-order valence-corrected chi connectivity index (χ3v) is 3.01. The smallest absolute Gasteiger partial charge is 0.311 e. The van der Waals surface area contributed by atoms with Gasteiger partial charge in [0.05, 0.1) is 24.8 Å². The van der Waals surface area contributed by atoms with Crippen LogP contribution in [0.3, 0.4) is 0 Å². The van der Waals surface area contributed by atoms with Gasteiger partial charge in [-0.05, 0) is 17.7 Å². The van der Waals surface area contributed by atoms with Gasteiger partial charge in [0, 0.05) is 18.7 Å². The summed E-state index contributed by atoms with van der Waals surface area (Å²) in [5, 5.41) is 14.0. The average Bonchev–Trinajstić information content (AvgIpc) is 2.54. The molecular weight excluding hydrogens is 288 g/mol. The molecule has 0 unspecified atom stereocenters. The van der Waals surface area contributed by atoms with Crippen molar-refractivity contribution in [3.63, 3.8) is 0 Å². The first-order valence-electron chi connectivity index (χ1n) is 6.42. The first-order valence-corrected chi connectivity index (χ1v) is 6.42. The second-order valence-corrected chi connectivity index (χ2v) is 4.34.